The number of rotatable bonds is 3. The van der Waals surface area contributed by atoms with Crippen molar-refractivity contribution in [1.29, 1.82) is 0 Å². The minimum atomic E-state index is -0.373. The van der Waals surface area contributed by atoms with Gasteiger partial charge in [-0.2, -0.15) is 0 Å². The van der Waals surface area contributed by atoms with Gasteiger partial charge >= 0.3 is 0 Å². The van der Waals surface area contributed by atoms with Crippen molar-refractivity contribution in [3.63, 3.8) is 0 Å². The number of likely N-dealkylation sites (tertiary alicyclic amines) is 1. The van der Waals surface area contributed by atoms with E-state index in [1.54, 1.807) is 0 Å². The number of ether oxygens (including phenoxy) is 2. The van der Waals surface area contributed by atoms with Crippen molar-refractivity contribution in [2.75, 3.05) is 26.3 Å². The Morgan fingerprint density at radius 1 is 1.30 bits per heavy atom. The van der Waals surface area contributed by atoms with Gasteiger partial charge in [-0.1, -0.05) is 23.7 Å². The van der Waals surface area contributed by atoms with Crippen LogP contribution in [-0.2, 0) is 22.6 Å². The zero-order valence-electron chi connectivity index (χ0n) is 11.6. The Hall–Kier alpha value is -0.650. The Morgan fingerprint density at radius 2 is 2.10 bits per heavy atom. The molecule has 20 heavy (non-hydrogen) atoms. The van der Waals surface area contributed by atoms with Crippen molar-refractivity contribution < 1.29 is 9.47 Å². The minimum absolute atomic E-state index is 0.373. The number of piperidine rings is 1. The van der Waals surface area contributed by atoms with Crippen molar-refractivity contribution in [1.82, 2.24) is 4.90 Å². The molecule has 1 aromatic carbocycles. The van der Waals surface area contributed by atoms with Gasteiger partial charge in [-0.05, 0) is 30.2 Å². The smallest absolute Gasteiger partial charge is 0.181 e. The van der Waals surface area contributed by atoms with Crippen LogP contribution in [0.15, 0.2) is 18.2 Å². The molecule has 1 spiro atoms. The van der Waals surface area contributed by atoms with Crippen LogP contribution in [0.25, 0.3) is 0 Å². The molecule has 0 radical (unpaired) electrons. The second-order valence-corrected chi connectivity index (χ2v) is 5.96. The summed E-state index contributed by atoms with van der Waals surface area (Å²) in [5.74, 6) is -0.373. The van der Waals surface area contributed by atoms with Gasteiger partial charge in [-0.15, -0.1) is 0 Å². The van der Waals surface area contributed by atoms with Crippen molar-refractivity contribution in [2.24, 2.45) is 5.73 Å². The molecule has 2 aliphatic rings. The van der Waals surface area contributed by atoms with E-state index in [-0.39, 0.29) is 5.79 Å². The first-order chi connectivity index (χ1) is 9.71. The molecule has 2 aliphatic heterocycles. The van der Waals surface area contributed by atoms with Gasteiger partial charge in [-0.3, -0.25) is 4.90 Å². The quantitative estimate of drug-likeness (QED) is 0.928. The van der Waals surface area contributed by atoms with Gasteiger partial charge < -0.3 is 15.2 Å². The van der Waals surface area contributed by atoms with Gasteiger partial charge in [0.1, 0.15) is 0 Å². The summed E-state index contributed by atoms with van der Waals surface area (Å²) in [4.78, 5) is 2.36. The summed E-state index contributed by atoms with van der Waals surface area (Å²) in [7, 11) is 0. The molecule has 110 valence electrons. The first-order valence-corrected chi connectivity index (χ1v) is 7.56. The van der Waals surface area contributed by atoms with Crippen molar-refractivity contribution in [3.05, 3.63) is 34.3 Å². The van der Waals surface area contributed by atoms with E-state index in [4.69, 9.17) is 26.8 Å². The largest absolute Gasteiger partial charge is 0.346 e. The Labute approximate surface area is 124 Å². The number of nitrogens with zero attached hydrogens (tertiary/aromatic N) is 1. The summed E-state index contributed by atoms with van der Waals surface area (Å²) in [5.41, 5.74) is 7.83. The third-order valence-corrected chi connectivity index (χ3v) is 4.41. The lowest BCUT2D eigenvalue weighted by Crippen LogP contribution is -2.48. The molecule has 0 aliphatic carbocycles. The molecular formula is C15H21ClN2O2. The monoisotopic (exact) mass is 296 g/mol. The Kier molecular flexibility index (Phi) is 4.29. The Morgan fingerprint density at radius 3 is 2.80 bits per heavy atom. The molecule has 0 atom stereocenters. The fraction of sp³-hybridized carbons (Fsp3) is 0.600. The van der Waals surface area contributed by atoms with Crippen molar-refractivity contribution in [3.8, 4) is 0 Å². The predicted octanol–water partition coefficient (Wildman–Crippen LogP) is 2.14. The SMILES string of the molecule is NCc1ccc(CN2CCCC3(C2)OCCO3)c(Cl)c1. The summed E-state index contributed by atoms with van der Waals surface area (Å²) in [6, 6.07) is 6.07. The second kappa shape index (κ2) is 6.00. The van der Waals surface area contributed by atoms with Crippen LogP contribution in [0.2, 0.25) is 5.02 Å². The Bertz CT molecular complexity index is 475. The lowest BCUT2D eigenvalue weighted by atomic mass is 10.0. The molecule has 3 rings (SSSR count). The predicted molar refractivity (Wildman–Crippen MR) is 78.5 cm³/mol. The van der Waals surface area contributed by atoms with E-state index >= 15 is 0 Å². The highest BCUT2D eigenvalue weighted by atomic mass is 35.5. The summed E-state index contributed by atoms with van der Waals surface area (Å²) in [5, 5.41) is 0.792. The highest BCUT2D eigenvalue weighted by Crippen LogP contribution is 2.31. The van der Waals surface area contributed by atoms with Crippen LogP contribution in [0, 0.1) is 0 Å². The lowest BCUT2D eigenvalue weighted by Gasteiger charge is -2.38. The first-order valence-electron chi connectivity index (χ1n) is 7.18. The number of benzene rings is 1. The van der Waals surface area contributed by atoms with E-state index in [2.05, 4.69) is 11.0 Å². The second-order valence-electron chi connectivity index (χ2n) is 5.55. The normalized spacial score (nSPS) is 22.5. The topological polar surface area (TPSA) is 47.7 Å². The third-order valence-electron chi connectivity index (χ3n) is 4.06. The van der Waals surface area contributed by atoms with Crippen LogP contribution in [0.5, 0.6) is 0 Å². The van der Waals surface area contributed by atoms with Gasteiger partial charge in [-0.25, -0.2) is 0 Å². The van der Waals surface area contributed by atoms with E-state index in [0.29, 0.717) is 19.8 Å². The Balaban J connectivity index is 1.68. The van der Waals surface area contributed by atoms with Crippen LogP contribution < -0.4 is 5.73 Å². The maximum Gasteiger partial charge on any atom is 0.181 e. The fourth-order valence-electron chi connectivity index (χ4n) is 3.03. The van der Waals surface area contributed by atoms with Gasteiger partial charge in [0, 0.05) is 24.5 Å². The standard InChI is InChI=1S/C15H21ClN2O2/c16-14-8-12(9-17)2-3-13(14)10-18-5-1-4-15(11-18)19-6-7-20-15/h2-3,8H,1,4-7,9-11,17H2. The molecule has 0 unspecified atom stereocenters. The molecule has 2 fully saturated rings. The van der Waals surface area contributed by atoms with Gasteiger partial charge in [0.05, 0.1) is 19.8 Å². The molecule has 5 heteroatoms. The summed E-state index contributed by atoms with van der Waals surface area (Å²) in [6.07, 6.45) is 2.09. The zero-order chi connectivity index (χ0) is 14.0. The molecule has 2 saturated heterocycles. The summed E-state index contributed by atoms with van der Waals surface area (Å²) >= 11 is 6.33. The number of halogens is 1. The van der Waals surface area contributed by atoms with E-state index in [9.17, 15) is 0 Å². The molecule has 0 saturated carbocycles. The van der Waals surface area contributed by atoms with E-state index < -0.39 is 0 Å². The van der Waals surface area contributed by atoms with Gasteiger partial charge in [0.15, 0.2) is 5.79 Å². The van der Waals surface area contributed by atoms with Crippen LogP contribution in [0.3, 0.4) is 0 Å². The molecule has 1 aromatic rings. The highest BCUT2D eigenvalue weighted by Gasteiger charge is 2.40. The molecule has 4 nitrogen and oxygen atoms in total. The summed E-state index contributed by atoms with van der Waals surface area (Å²) in [6.45, 7) is 4.65. The number of hydrogen-bond acceptors (Lipinski definition) is 4. The van der Waals surface area contributed by atoms with Crippen LogP contribution in [-0.4, -0.2) is 37.0 Å². The third kappa shape index (κ3) is 3.00. The molecule has 0 aromatic heterocycles. The molecule has 2 N–H and O–H groups in total. The zero-order valence-corrected chi connectivity index (χ0v) is 12.4. The first kappa shape index (κ1) is 14.3. The highest BCUT2D eigenvalue weighted by molar-refractivity contribution is 6.31. The maximum atomic E-state index is 6.33. The van der Waals surface area contributed by atoms with Crippen LogP contribution >= 0.6 is 11.6 Å². The minimum Gasteiger partial charge on any atom is -0.346 e. The molecule has 2 heterocycles. The van der Waals surface area contributed by atoms with Crippen molar-refractivity contribution >= 4 is 11.6 Å². The molecule has 0 bridgehead atoms. The molecule has 0 amide bonds. The number of nitrogens with two attached hydrogens (primary N) is 1. The van der Waals surface area contributed by atoms with Crippen LogP contribution in [0.1, 0.15) is 24.0 Å². The van der Waals surface area contributed by atoms with E-state index in [0.717, 1.165) is 48.6 Å². The van der Waals surface area contributed by atoms with E-state index in [1.807, 2.05) is 12.1 Å². The maximum absolute atomic E-state index is 6.33. The molecular weight excluding hydrogens is 276 g/mol. The fourth-order valence-corrected chi connectivity index (χ4v) is 3.29. The number of hydrogen-bond donors (Lipinski definition) is 1. The van der Waals surface area contributed by atoms with Crippen molar-refractivity contribution in [2.45, 2.75) is 31.7 Å². The van der Waals surface area contributed by atoms with Crippen LogP contribution in [0.4, 0.5) is 0 Å². The van der Waals surface area contributed by atoms with Gasteiger partial charge in [0.2, 0.25) is 0 Å². The van der Waals surface area contributed by atoms with E-state index in [1.165, 1.54) is 0 Å². The average molecular weight is 297 g/mol. The summed E-state index contributed by atoms with van der Waals surface area (Å²) < 4.78 is 11.6. The lowest BCUT2D eigenvalue weighted by molar-refractivity contribution is -0.190. The van der Waals surface area contributed by atoms with Gasteiger partial charge in [0.25, 0.3) is 0 Å². The average Bonchev–Trinajstić information content (AvgIpc) is 2.89.